The average Bonchev–Trinajstić information content (AvgIpc) is 2.57. The number of hydrogen-bond acceptors (Lipinski definition) is 4. The van der Waals surface area contributed by atoms with Crippen LogP contribution in [-0.4, -0.2) is 32.2 Å². The molecule has 1 aromatic rings. The first-order chi connectivity index (χ1) is 9.68. The monoisotopic (exact) mass is 332 g/mol. The molecule has 1 fully saturated rings. The smallest absolute Gasteiger partial charge is 0.466 e. The Kier molecular flexibility index (Phi) is 4.81. The Morgan fingerprint density at radius 1 is 1.05 bits per heavy atom. The quantitative estimate of drug-likeness (QED) is 0.626. The highest BCUT2D eigenvalue weighted by Gasteiger charge is 2.52. The summed E-state index contributed by atoms with van der Waals surface area (Å²) in [5, 5.41) is 0.889. The van der Waals surface area contributed by atoms with Crippen LogP contribution in [0.15, 0.2) is 12.1 Å². The fourth-order valence-electron chi connectivity index (χ4n) is 1.93. The molecule has 1 aliphatic heterocycles. The highest BCUT2D eigenvalue weighted by atomic mass is 35.5. The van der Waals surface area contributed by atoms with E-state index in [0.717, 1.165) is 0 Å². The van der Waals surface area contributed by atoms with E-state index in [-0.39, 0.29) is 6.79 Å². The molecule has 4 nitrogen and oxygen atoms in total. The molecule has 0 saturated carbocycles. The van der Waals surface area contributed by atoms with Crippen LogP contribution in [0.5, 0.6) is 5.75 Å². The molecular formula is C14H19BCl2O4. The van der Waals surface area contributed by atoms with Crippen LogP contribution in [0.1, 0.15) is 27.7 Å². The van der Waals surface area contributed by atoms with Gasteiger partial charge in [-0.15, -0.1) is 0 Å². The van der Waals surface area contributed by atoms with Crippen molar-refractivity contribution >= 4 is 35.8 Å². The number of benzene rings is 1. The first-order valence-corrected chi connectivity index (χ1v) is 7.40. The summed E-state index contributed by atoms with van der Waals surface area (Å²) in [6, 6.07) is 3.35. The Balaban J connectivity index is 2.32. The van der Waals surface area contributed by atoms with E-state index in [4.69, 9.17) is 42.0 Å². The minimum absolute atomic E-state index is 0.101. The van der Waals surface area contributed by atoms with Crippen LogP contribution >= 0.6 is 23.2 Å². The summed E-state index contributed by atoms with van der Waals surface area (Å²) >= 11 is 12.4. The highest BCUT2D eigenvalue weighted by molar-refractivity contribution is 6.66. The molecule has 0 amide bonds. The van der Waals surface area contributed by atoms with Gasteiger partial charge in [-0.1, -0.05) is 23.2 Å². The van der Waals surface area contributed by atoms with Crippen LogP contribution < -0.4 is 10.2 Å². The molecule has 1 heterocycles. The third kappa shape index (κ3) is 3.32. The van der Waals surface area contributed by atoms with Crippen molar-refractivity contribution in [1.82, 2.24) is 0 Å². The first-order valence-electron chi connectivity index (χ1n) is 6.64. The summed E-state index contributed by atoms with van der Waals surface area (Å²) in [4.78, 5) is 0. The van der Waals surface area contributed by atoms with Crippen molar-refractivity contribution in [2.75, 3.05) is 13.9 Å². The minimum Gasteiger partial charge on any atom is -0.466 e. The normalized spacial score (nSPS) is 19.9. The number of ether oxygens (including phenoxy) is 2. The second-order valence-corrected chi connectivity index (χ2v) is 6.76. The van der Waals surface area contributed by atoms with Gasteiger partial charge in [0.05, 0.1) is 16.2 Å². The molecule has 21 heavy (non-hydrogen) atoms. The standard InChI is InChI=1S/C14H19BCl2O4/c1-13(2)14(3,4)21-15(20-13)9-6-12(19-8-18-5)11(17)7-10(9)16/h6-7H,8H2,1-5H3. The van der Waals surface area contributed by atoms with Crippen molar-refractivity contribution in [2.24, 2.45) is 0 Å². The zero-order chi connectivity index (χ0) is 15.8. The fraction of sp³-hybridized carbons (Fsp3) is 0.571. The third-order valence-corrected chi connectivity index (χ3v) is 4.51. The molecule has 0 atom stereocenters. The number of methoxy groups -OCH3 is 1. The molecule has 0 spiro atoms. The van der Waals surface area contributed by atoms with Crippen molar-refractivity contribution < 1.29 is 18.8 Å². The van der Waals surface area contributed by atoms with E-state index in [2.05, 4.69) is 0 Å². The molecule has 2 rings (SSSR count). The molecule has 7 heteroatoms. The number of rotatable bonds is 4. The maximum absolute atomic E-state index is 6.27. The predicted octanol–water partition coefficient (Wildman–Crippen LogP) is 3.28. The van der Waals surface area contributed by atoms with Gasteiger partial charge in [-0.2, -0.15) is 0 Å². The molecule has 1 saturated heterocycles. The van der Waals surface area contributed by atoms with Gasteiger partial charge in [-0.05, 0) is 39.8 Å². The molecule has 0 aliphatic carbocycles. The van der Waals surface area contributed by atoms with E-state index >= 15 is 0 Å². The summed E-state index contributed by atoms with van der Waals surface area (Å²) in [6.45, 7) is 8.04. The first kappa shape index (κ1) is 16.9. The van der Waals surface area contributed by atoms with Crippen LogP contribution in [0.3, 0.4) is 0 Å². The Morgan fingerprint density at radius 3 is 2.14 bits per heavy atom. The third-order valence-electron chi connectivity index (χ3n) is 3.89. The van der Waals surface area contributed by atoms with Crippen LogP contribution in [0.25, 0.3) is 0 Å². The number of hydrogen-bond donors (Lipinski definition) is 0. The van der Waals surface area contributed by atoms with Gasteiger partial charge in [0.15, 0.2) is 6.79 Å². The average molecular weight is 333 g/mol. The Labute approximate surface area is 135 Å². The lowest BCUT2D eigenvalue weighted by Crippen LogP contribution is -2.41. The van der Waals surface area contributed by atoms with Gasteiger partial charge < -0.3 is 18.8 Å². The summed E-state index contributed by atoms with van der Waals surface area (Å²) in [6.07, 6.45) is 0. The lowest BCUT2D eigenvalue weighted by Gasteiger charge is -2.32. The predicted molar refractivity (Wildman–Crippen MR) is 84.7 cm³/mol. The summed E-state index contributed by atoms with van der Waals surface area (Å²) in [5.41, 5.74) is -0.187. The zero-order valence-electron chi connectivity index (χ0n) is 12.8. The molecule has 0 aromatic heterocycles. The lowest BCUT2D eigenvalue weighted by molar-refractivity contribution is 0.00578. The van der Waals surface area contributed by atoms with Crippen molar-refractivity contribution in [1.29, 1.82) is 0 Å². The van der Waals surface area contributed by atoms with Gasteiger partial charge in [0.1, 0.15) is 5.75 Å². The molecule has 1 aliphatic rings. The van der Waals surface area contributed by atoms with Gasteiger partial charge >= 0.3 is 7.12 Å². The summed E-state index contributed by atoms with van der Waals surface area (Å²) in [7, 11) is 0.976. The van der Waals surface area contributed by atoms with Crippen LogP contribution in [0.2, 0.25) is 10.0 Å². The van der Waals surface area contributed by atoms with Crippen molar-refractivity contribution in [3.8, 4) is 5.75 Å². The van der Waals surface area contributed by atoms with Crippen LogP contribution in [0.4, 0.5) is 0 Å². The molecule has 0 N–H and O–H groups in total. The van der Waals surface area contributed by atoms with E-state index < -0.39 is 18.3 Å². The highest BCUT2D eigenvalue weighted by Crippen LogP contribution is 2.38. The van der Waals surface area contributed by atoms with E-state index in [1.165, 1.54) is 0 Å². The molecule has 0 radical (unpaired) electrons. The zero-order valence-corrected chi connectivity index (χ0v) is 14.3. The van der Waals surface area contributed by atoms with Gasteiger partial charge in [0.25, 0.3) is 0 Å². The van der Waals surface area contributed by atoms with Crippen LogP contribution in [-0.2, 0) is 14.0 Å². The molecule has 116 valence electrons. The fourth-order valence-corrected chi connectivity index (χ4v) is 2.46. The Hall–Kier alpha value is -0.455. The minimum atomic E-state index is -0.565. The Bertz CT molecular complexity index is 518. The molecular weight excluding hydrogens is 314 g/mol. The largest absolute Gasteiger partial charge is 0.496 e. The molecule has 0 unspecified atom stereocenters. The Morgan fingerprint density at radius 2 is 1.62 bits per heavy atom. The lowest BCUT2D eigenvalue weighted by atomic mass is 9.79. The summed E-state index contributed by atoms with van der Waals surface area (Å²) < 4.78 is 22.3. The van der Waals surface area contributed by atoms with Gasteiger partial charge in [-0.3, -0.25) is 0 Å². The molecule has 0 bridgehead atoms. The van der Waals surface area contributed by atoms with Gasteiger partial charge in [-0.25, -0.2) is 0 Å². The second kappa shape index (κ2) is 5.97. The van der Waals surface area contributed by atoms with Crippen molar-refractivity contribution in [3.05, 3.63) is 22.2 Å². The van der Waals surface area contributed by atoms with E-state index in [0.29, 0.717) is 21.3 Å². The topological polar surface area (TPSA) is 36.9 Å². The SMILES string of the molecule is COCOc1cc(B2OC(C)(C)C(C)(C)O2)c(Cl)cc1Cl. The second-order valence-electron chi connectivity index (χ2n) is 5.94. The maximum Gasteiger partial charge on any atom is 0.496 e. The molecule has 1 aromatic carbocycles. The van der Waals surface area contributed by atoms with Gasteiger partial charge in [0, 0.05) is 17.6 Å². The van der Waals surface area contributed by atoms with Crippen molar-refractivity contribution in [2.45, 2.75) is 38.9 Å². The van der Waals surface area contributed by atoms with Gasteiger partial charge in [0.2, 0.25) is 0 Å². The van der Waals surface area contributed by atoms with E-state index in [9.17, 15) is 0 Å². The van der Waals surface area contributed by atoms with E-state index in [1.807, 2.05) is 27.7 Å². The maximum atomic E-state index is 6.27. The summed E-state index contributed by atoms with van der Waals surface area (Å²) in [5.74, 6) is 0.479. The van der Waals surface area contributed by atoms with Crippen molar-refractivity contribution in [3.63, 3.8) is 0 Å². The van der Waals surface area contributed by atoms with Crippen LogP contribution in [0, 0.1) is 0 Å². The number of halogens is 2. The van der Waals surface area contributed by atoms with E-state index in [1.54, 1.807) is 19.2 Å².